The van der Waals surface area contributed by atoms with Gasteiger partial charge in [-0.05, 0) is 36.6 Å². The van der Waals surface area contributed by atoms with E-state index in [9.17, 15) is 9.50 Å². The Labute approximate surface area is 107 Å². The van der Waals surface area contributed by atoms with Crippen LogP contribution in [0.3, 0.4) is 0 Å². The molecule has 2 rings (SSSR count). The number of aliphatic hydroxyl groups is 1. The molecule has 2 heteroatoms. The molecule has 2 aromatic carbocycles. The first-order valence-corrected chi connectivity index (χ1v) is 6.02. The van der Waals surface area contributed by atoms with Crippen LogP contribution in [0.25, 0.3) is 0 Å². The van der Waals surface area contributed by atoms with E-state index in [1.807, 2.05) is 30.3 Å². The van der Waals surface area contributed by atoms with E-state index in [1.165, 1.54) is 6.07 Å². The molecule has 0 amide bonds. The van der Waals surface area contributed by atoms with E-state index in [-0.39, 0.29) is 5.82 Å². The Morgan fingerprint density at radius 2 is 1.78 bits per heavy atom. The number of aryl methyl sites for hydroxylation is 1. The van der Waals surface area contributed by atoms with E-state index in [2.05, 4.69) is 0 Å². The van der Waals surface area contributed by atoms with Gasteiger partial charge in [-0.1, -0.05) is 42.5 Å². The SMILES string of the molecule is Cc1cc(C(C)(O)Cc2ccccc2)ccc1F. The maximum atomic E-state index is 13.2. The van der Waals surface area contributed by atoms with Gasteiger partial charge in [0.15, 0.2) is 0 Å². The summed E-state index contributed by atoms with van der Waals surface area (Å²) in [6, 6.07) is 14.5. The van der Waals surface area contributed by atoms with Crippen molar-refractivity contribution in [2.45, 2.75) is 25.9 Å². The van der Waals surface area contributed by atoms with Crippen LogP contribution in [0.2, 0.25) is 0 Å². The maximum Gasteiger partial charge on any atom is 0.126 e. The average molecular weight is 244 g/mol. The summed E-state index contributed by atoms with van der Waals surface area (Å²) in [7, 11) is 0. The van der Waals surface area contributed by atoms with Crippen LogP contribution < -0.4 is 0 Å². The normalized spacial score (nSPS) is 14.2. The molecule has 0 aliphatic carbocycles. The van der Waals surface area contributed by atoms with Crippen LogP contribution in [0.15, 0.2) is 48.5 Å². The van der Waals surface area contributed by atoms with E-state index in [0.717, 1.165) is 11.1 Å². The highest BCUT2D eigenvalue weighted by molar-refractivity contribution is 5.30. The third-order valence-corrected chi connectivity index (χ3v) is 3.17. The molecule has 0 saturated carbocycles. The van der Waals surface area contributed by atoms with Crippen molar-refractivity contribution in [1.82, 2.24) is 0 Å². The zero-order chi connectivity index (χ0) is 13.2. The standard InChI is InChI=1S/C16H17FO/c1-12-10-14(8-9-15(12)17)16(2,18)11-13-6-4-3-5-7-13/h3-10,18H,11H2,1-2H3. The summed E-state index contributed by atoms with van der Waals surface area (Å²) in [5.74, 6) is -0.241. The molecular weight excluding hydrogens is 227 g/mol. The van der Waals surface area contributed by atoms with Crippen molar-refractivity contribution in [3.63, 3.8) is 0 Å². The molecule has 1 N–H and O–H groups in total. The predicted octanol–water partition coefficient (Wildman–Crippen LogP) is 3.58. The van der Waals surface area contributed by atoms with Crippen molar-refractivity contribution < 1.29 is 9.50 Å². The molecule has 0 saturated heterocycles. The van der Waals surface area contributed by atoms with Gasteiger partial charge in [-0.25, -0.2) is 4.39 Å². The molecule has 0 heterocycles. The van der Waals surface area contributed by atoms with E-state index < -0.39 is 5.60 Å². The van der Waals surface area contributed by atoms with Gasteiger partial charge in [0, 0.05) is 6.42 Å². The highest BCUT2D eigenvalue weighted by Gasteiger charge is 2.24. The lowest BCUT2D eigenvalue weighted by molar-refractivity contribution is 0.0575. The van der Waals surface area contributed by atoms with Crippen molar-refractivity contribution in [2.75, 3.05) is 0 Å². The van der Waals surface area contributed by atoms with Gasteiger partial charge in [0.2, 0.25) is 0 Å². The maximum absolute atomic E-state index is 13.2. The van der Waals surface area contributed by atoms with Gasteiger partial charge in [0.1, 0.15) is 5.82 Å². The minimum atomic E-state index is -0.986. The number of halogens is 1. The van der Waals surface area contributed by atoms with E-state index >= 15 is 0 Å². The molecule has 0 aliphatic heterocycles. The Morgan fingerprint density at radius 3 is 2.39 bits per heavy atom. The number of benzene rings is 2. The van der Waals surface area contributed by atoms with E-state index in [4.69, 9.17) is 0 Å². The molecular formula is C16H17FO. The molecule has 0 fully saturated rings. The van der Waals surface area contributed by atoms with Crippen molar-refractivity contribution in [3.05, 3.63) is 71.0 Å². The van der Waals surface area contributed by atoms with Crippen LogP contribution in [0.4, 0.5) is 4.39 Å². The highest BCUT2D eigenvalue weighted by Crippen LogP contribution is 2.26. The first-order valence-electron chi connectivity index (χ1n) is 6.02. The summed E-state index contributed by atoms with van der Waals surface area (Å²) in [6.45, 7) is 3.46. The fourth-order valence-corrected chi connectivity index (χ4v) is 2.08. The molecule has 0 spiro atoms. The molecule has 0 bridgehead atoms. The minimum Gasteiger partial charge on any atom is -0.385 e. The first kappa shape index (κ1) is 12.8. The van der Waals surface area contributed by atoms with E-state index in [0.29, 0.717) is 12.0 Å². The summed E-state index contributed by atoms with van der Waals surface area (Å²) >= 11 is 0. The van der Waals surface area contributed by atoms with Gasteiger partial charge < -0.3 is 5.11 Å². The van der Waals surface area contributed by atoms with Crippen LogP contribution in [0, 0.1) is 12.7 Å². The lowest BCUT2D eigenvalue weighted by Crippen LogP contribution is -2.24. The predicted molar refractivity (Wildman–Crippen MR) is 70.9 cm³/mol. The third-order valence-electron chi connectivity index (χ3n) is 3.17. The average Bonchev–Trinajstić information content (AvgIpc) is 2.33. The smallest absolute Gasteiger partial charge is 0.126 e. The van der Waals surface area contributed by atoms with E-state index in [1.54, 1.807) is 26.0 Å². The Bertz CT molecular complexity index is 532. The largest absolute Gasteiger partial charge is 0.385 e. The van der Waals surface area contributed by atoms with Crippen molar-refractivity contribution >= 4 is 0 Å². The van der Waals surface area contributed by atoms with Gasteiger partial charge in [0.25, 0.3) is 0 Å². The Hall–Kier alpha value is -1.67. The lowest BCUT2D eigenvalue weighted by Gasteiger charge is -2.24. The molecule has 2 aromatic rings. The van der Waals surface area contributed by atoms with Gasteiger partial charge in [-0.3, -0.25) is 0 Å². The van der Waals surface area contributed by atoms with Gasteiger partial charge in [-0.15, -0.1) is 0 Å². The summed E-state index contributed by atoms with van der Waals surface area (Å²) in [6.07, 6.45) is 0.513. The third kappa shape index (κ3) is 2.77. The van der Waals surface area contributed by atoms with Crippen LogP contribution in [-0.2, 0) is 12.0 Å². The molecule has 1 unspecified atom stereocenters. The zero-order valence-electron chi connectivity index (χ0n) is 10.7. The Balaban J connectivity index is 2.27. The highest BCUT2D eigenvalue weighted by atomic mass is 19.1. The fourth-order valence-electron chi connectivity index (χ4n) is 2.08. The van der Waals surface area contributed by atoms with Gasteiger partial charge in [-0.2, -0.15) is 0 Å². The van der Waals surface area contributed by atoms with Crippen molar-refractivity contribution in [2.24, 2.45) is 0 Å². The number of rotatable bonds is 3. The summed E-state index contributed by atoms with van der Waals surface area (Å²) < 4.78 is 13.2. The summed E-state index contributed by atoms with van der Waals surface area (Å²) in [5, 5.41) is 10.5. The monoisotopic (exact) mass is 244 g/mol. The second-order valence-electron chi connectivity index (χ2n) is 4.90. The van der Waals surface area contributed by atoms with Gasteiger partial charge >= 0.3 is 0 Å². The molecule has 0 aliphatic rings. The molecule has 1 atom stereocenters. The molecule has 1 nitrogen and oxygen atoms in total. The molecule has 18 heavy (non-hydrogen) atoms. The zero-order valence-corrected chi connectivity index (χ0v) is 10.7. The molecule has 0 radical (unpaired) electrons. The Kier molecular flexibility index (Phi) is 3.48. The summed E-state index contributed by atoms with van der Waals surface area (Å²) in [5.41, 5.74) is 1.37. The van der Waals surface area contributed by atoms with Crippen LogP contribution in [0.5, 0.6) is 0 Å². The van der Waals surface area contributed by atoms with Crippen LogP contribution in [-0.4, -0.2) is 5.11 Å². The topological polar surface area (TPSA) is 20.2 Å². The van der Waals surface area contributed by atoms with Crippen molar-refractivity contribution in [1.29, 1.82) is 0 Å². The van der Waals surface area contributed by atoms with Gasteiger partial charge in [0.05, 0.1) is 5.60 Å². The molecule has 94 valence electrons. The van der Waals surface area contributed by atoms with Crippen LogP contribution >= 0.6 is 0 Å². The Morgan fingerprint density at radius 1 is 1.11 bits per heavy atom. The molecule has 0 aromatic heterocycles. The van der Waals surface area contributed by atoms with Crippen molar-refractivity contribution in [3.8, 4) is 0 Å². The second-order valence-corrected chi connectivity index (χ2v) is 4.90. The number of hydrogen-bond donors (Lipinski definition) is 1. The lowest BCUT2D eigenvalue weighted by atomic mass is 9.88. The fraction of sp³-hybridized carbons (Fsp3) is 0.250. The number of hydrogen-bond acceptors (Lipinski definition) is 1. The quantitative estimate of drug-likeness (QED) is 0.875. The second kappa shape index (κ2) is 4.91. The van der Waals surface area contributed by atoms with Crippen LogP contribution in [0.1, 0.15) is 23.6 Å². The summed E-state index contributed by atoms with van der Waals surface area (Å²) in [4.78, 5) is 0. The minimum absolute atomic E-state index is 0.241. The first-order chi connectivity index (χ1) is 8.49.